The highest BCUT2D eigenvalue weighted by Gasteiger charge is 2.27. The van der Waals surface area contributed by atoms with Crippen LogP contribution in [0.4, 0.5) is 5.69 Å². The molecule has 0 aliphatic carbocycles. The Morgan fingerprint density at radius 2 is 1.86 bits per heavy atom. The van der Waals surface area contributed by atoms with E-state index in [1.54, 1.807) is 12.1 Å². The molecule has 1 aromatic carbocycles. The van der Waals surface area contributed by atoms with Crippen LogP contribution in [0.15, 0.2) is 24.3 Å². The molecule has 0 spiro atoms. The third kappa shape index (κ3) is 3.57. The van der Waals surface area contributed by atoms with Gasteiger partial charge in [0.1, 0.15) is 6.61 Å². The second kappa shape index (κ2) is 7.26. The topological polar surface area (TPSA) is 59.1 Å². The number of rotatable bonds is 4. The minimum Gasteiger partial charge on any atom is -0.465 e. The fraction of sp³-hybridized carbons (Fsp3) is 0.500. The Kier molecular flexibility index (Phi) is 5.38. The molecular formula is C16H22N2O4. The predicted octanol–water partition coefficient (Wildman–Crippen LogP) is 1.16. The lowest BCUT2D eigenvalue weighted by Crippen LogP contribution is -2.54. The molecule has 1 fully saturated rings. The normalized spacial score (nSPS) is 18.2. The number of esters is 1. The monoisotopic (exact) mass is 306 g/mol. The Hall–Kier alpha value is -2.08. The van der Waals surface area contributed by atoms with Crippen molar-refractivity contribution in [2.24, 2.45) is 0 Å². The van der Waals surface area contributed by atoms with Gasteiger partial charge in [0.15, 0.2) is 0 Å². The van der Waals surface area contributed by atoms with Crippen molar-refractivity contribution >= 4 is 17.6 Å². The molecule has 1 amide bonds. The van der Waals surface area contributed by atoms with Crippen molar-refractivity contribution in [2.45, 2.75) is 13.0 Å². The number of carbonyl (C=O) groups is 2. The van der Waals surface area contributed by atoms with Gasteiger partial charge in [-0.25, -0.2) is 4.79 Å². The largest absolute Gasteiger partial charge is 0.465 e. The van der Waals surface area contributed by atoms with Gasteiger partial charge in [0, 0.05) is 38.5 Å². The van der Waals surface area contributed by atoms with Gasteiger partial charge in [0.05, 0.1) is 12.7 Å². The Balaban J connectivity index is 2.01. The zero-order chi connectivity index (χ0) is 16.1. The first-order valence-electron chi connectivity index (χ1n) is 7.28. The smallest absolute Gasteiger partial charge is 0.337 e. The molecule has 6 heteroatoms. The average molecular weight is 306 g/mol. The number of piperazine rings is 1. The maximum Gasteiger partial charge on any atom is 0.337 e. The lowest BCUT2D eigenvalue weighted by Gasteiger charge is -2.41. The van der Waals surface area contributed by atoms with Crippen LogP contribution in [-0.2, 0) is 14.3 Å². The number of carbonyl (C=O) groups excluding carboxylic acids is 2. The molecule has 0 aromatic heterocycles. The summed E-state index contributed by atoms with van der Waals surface area (Å²) in [7, 11) is 2.90. The average Bonchev–Trinajstić information content (AvgIpc) is 2.54. The molecule has 1 atom stereocenters. The molecule has 0 unspecified atom stereocenters. The van der Waals surface area contributed by atoms with Crippen LogP contribution in [0.5, 0.6) is 0 Å². The van der Waals surface area contributed by atoms with Crippen molar-refractivity contribution in [3.8, 4) is 0 Å². The first kappa shape index (κ1) is 16.3. The van der Waals surface area contributed by atoms with Crippen LogP contribution in [0.1, 0.15) is 17.3 Å². The molecule has 0 saturated carbocycles. The van der Waals surface area contributed by atoms with Crippen LogP contribution >= 0.6 is 0 Å². The van der Waals surface area contributed by atoms with Gasteiger partial charge in [-0.15, -0.1) is 0 Å². The van der Waals surface area contributed by atoms with Gasteiger partial charge >= 0.3 is 5.97 Å². The molecule has 0 N–H and O–H groups in total. The number of nitrogens with zero attached hydrogens (tertiary/aromatic N) is 2. The van der Waals surface area contributed by atoms with Gasteiger partial charge in [-0.05, 0) is 31.2 Å². The molecule has 6 nitrogen and oxygen atoms in total. The minimum absolute atomic E-state index is 0.0238. The summed E-state index contributed by atoms with van der Waals surface area (Å²) < 4.78 is 9.61. The summed E-state index contributed by atoms with van der Waals surface area (Å²) >= 11 is 0. The molecule has 1 saturated heterocycles. The fourth-order valence-electron chi connectivity index (χ4n) is 2.70. The van der Waals surface area contributed by atoms with Crippen LogP contribution < -0.4 is 4.90 Å². The van der Waals surface area contributed by atoms with E-state index in [1.807, 2.05) is 24.0 Å². The zero-order valence-electron chi connectivity index (χ0n) is 13.2. The molecule has 0 radical (unpaired) electrons. The molecule has 1 aromatic rings. The maximum absolute atomic E-state index is 11.9. The van der Waals surface area contributed by atoms with E-state index in [0.717, 1.165) is 18.8 Å². The summed E-state index contributed by atoms with van der Waals surface area (Å²) in [6, 6.07) is 7.46. The fourth-order valence-corrected chi connectivity index (χ4v) is 2.70. The number of hydrogen-bond acceptors (Lipinski definition) is 5. The molecule has 1 aliphatic rings. The summed E-state index contributed by atoms with van der Waals surface area (Å²) in [4.78, 5) is 27.4. The first-order chi connectivity index (χ1) is 10.6. The predicted molar refractivity (Wildman–Crippen MR) is 83.0 cm³/mol. The van der Waals surface area contributed by atoms with Crippen LogP contribution in [0.25, 0.3) is 0 Å². The molecule has 22 heavy (non-hydrogen) atoms. The third-order valence-corrected chi connectivity index (χ3v) is 3.87. The van der Waals surface area contributed by atoms with Gasteiger partial charge in [0.2, 0.25) is 5.91 Å². The maximum atomic E-state index is 11.9. The van der Waals surface area contributed by atoms with Crippen LogP contribution in [-0.4, -0.2) is 63.3 Å². The number of anilines is 1. The van der Waals surface area contributed by atoms with Crippen LogP contribution in [0, 0.1) is 0 Å². The van der Waals surface area contributed by atoms with Crippen LogP contribution in [0.3, 0.4) is 0 Å². The van der Waals surface area contributed by atoms with Crippen molar-refractivity contribution < 1.29 is 19.1 Å². The van der Waals surface area contributed by atoms with E-state index < -0.39 is 0 Å². The highest BCUT2D eigenvalue weighted by atomic mass is 16.5. The van der Waals surface area contributed by atoms with E-state index in [2.05, 4.69) is 4.90 Å². The van der Waals surface area contributed by atoms with E-state index in [-0.39, 0.29) is 24.5 Å². The Bertz CT molecular complexity index is 529. The second-order valence-electron chi connectivity index (χ2n) is 5.35. The molecule has 1 aliphatic heterocycles. The van der Waals surface area contributed by atoms with Crippen molar-refractivity contribution in [1.82, 2.24) is 4.90 Å². The highest BCUT2D eigenvalue weighted by molar-refractivity contribution is 5.89. The molecular weight excluding hydrogens is 284 g/mol. The van der Waals surface area contributed by atoms with Gasteiger partial charge in [-0.1, -0.05) is 0 Å². The second-order valence-corrected chi connectivity index (χ2v) is 5.35. The first-order valence-corrected chi connectivity index (χ1v) is 7.28. The van der Waals surface area contributed by atoms with Gasteiger partial charge < -0.3 is 19.3 Å². The third-order valence-electron chi connectivity index (χ3n) is 3.87. The van der Waals surface area contributed by atoms with Crippen molar-refractivity contribution in [3.63, 3.8) is 0 Å². The number of amides is 1. The lowest BCUT2D eigenvalue weighted by molar-refractivity contribution is -0.137. The van der Waals surface area contributed by atoms with Crippen molar-refractivity contribution in [2.75, 3.05) is 45.4 Å². The number of ether oxygens (including phenoxy) is 2. The Morgan fingerprint density at radius 1 is 1.18 bits per heavy atom. The zero-order valence-corrected chi connectivity index (χ0v) is 13.2. The lowest BCUT2D eigenvalue weighted by atomic mass is 10.1. The number of hydrogen-bond donors (Lipinski definition) is 0. The SMILES string of the molecule is COCC(=O)N1CCN(c2ccc(C(=O)OC)cc2)C[C@@H]1C. The van der Waals surface area contributed by atoms with Crippen molar-refractivity contribution in [1.29, 1.82) is 0 Å². The van der Waals surface area contributed by atoms with Crippen LogP contribution in [0.2, 0.25) is 0 Å². The van der Waals surface area contributed by atoms with E-state index >= 15 is 0 Å². The molecule has 0 bridgehead atoms. The number of benzene rings is 1. The Morgan fingerprint density at radius 3 is 2.41 bits per heavy atom. The summed E-state index contributed by atoms with van der Waals surface area (Å²) in [5.74, 6) is -0.314. The van der Waals surface area contributed by atoms with E-state index in [4.69, 9.17) is 9.47 Å². The highest BCUT2D eigenvalue weighted by Crippen LogP contribution is 2.20. The van der Waals surface area contributed by atoms with E-state index in [1.165, 1.54) is 14.2 Å². The summed E-state index contributed by atoms with van der Waals surface area (Å²) in [6.45, 7) is 4.34. The molecule has 1 heterocycles. The van der Waals surface area contributed by atoms with Gasteiger partial charge in [-0.3, -0.25) is 4.79 Å². The summed E-state index contributed by atoms with van der Waals surface area (Å²) in [5, 5.41) is 0. The molecule has 2 rings (SSSR count). The quantitative estimate of drug-likeness (QED) is 0.781. The molecule has 120 valence electrons. The van der Waals surface area contributed by atoms with E-state index in [0.29, 0.717) is 12.1 Å². The minimum atomic E-state index is -0.338. The van der Waals surface area contributed by atoms with Gasteiger partial charge in [-0.2, -0.15) is 0 Å². The number of methoxy groups -OCH3 is 2. The van der Waals surface area contributed by atoms with Crippen molar-refractivity contribution in [3.05, 3.63) is 29.8 Å². The van der Waals surface area contributed by atoms with E-state index in [9.17, 15) is 9.59 Å². The van der Waals surface area contributed by atoms with Gasteiger partial charge in [0.25, 0.3) is 0 Å². The summed E-state index contributed by atoms with van der Waals surface area (Å²) in [5.41, 5.74) is 1.58. The Labute approximate surface area is 130 Å². The summed E-state index contributed by atoms with van der Waals surface area (Å²) in [6.07, 6.45) is 0. The standard InChI is InChI=1S/C16H22N2O4/c1-12-10-17(8-9-18(12)15(19)11-21-2)14-6-4-13(5-7-14)16(20)22-3/h4-7,12H,8-11H2,1-3H3/t12-/m0/s1.